The second-order valence-corrected chi connectivity index (χ2v) is 9.15. The van der Waals surface area contributed by atoms with Crippen molar-refractivity contribution in [2.75, 3.05) is 18.4 Å². The molecule has 1 unspecified atom stereocenters. The van der Waals surface area contributed by atoms with Crippen molar-refractivity contribution in [1.82, 2.24) is 14.9 Å². The second kappa shape index (κ2) is 7.86. The molecule has 0 aromatic carbocycles. The van der Waals surface area contributed by atoms with E-state index in [4.69, 9.17) is 0 Å². The molecule has 180 valence electrons. The van der Waals surface area contributed by atoms with Gasteiger partial charge in [0.1, 0.15) is 17.3 Å². The third-order valence-electron chi connectivity index (χ3n) is 6.39. The first-order chi connectivity index (χ1) is 16.1. The Hall–Kier alpha value is -3.34. The van der Waals surface area contributed by atoms with Gasteiger partial charge in [0.05, 0.1) is 29.9 Å². The number of hydrogen-bond donors (Lipinski definition) is 4. The molecular weight excluding hydrogens is 453 g/mol. The number of anilines is 1. The van der Waals surface area contributed by atoms with Crippen molar-refractivity contribution < 1.29 is 28.2 Å². The van der Waals surface area contributed by atoms with Crippen LogP contribution in [-0.4, -0.2) is 56.5 Å². The lowest BCUT2D eigenvalue weighted by Gasteiger charge is -2.18. The molecule has 1 atom stereocenters. The molecule has 1 amide bonds. The van der Waals surface area contributed by atoms with Crippen LogP contribution >= 0.6 is 0 Å². The summed E-state index contributed by atoms with van der Waals surface area (Å²) in [5.41, 5.74) is -1.58. The topological polar surface area (TPSA) is 116 Å². The van der Waals surface area contributed by atoms with Crippen molar-refractivity contribution in [3.63, 3.8) is 0 Å². The van der Waals surface area contributed by atoms with Crippen molar-refractivity contribution in [3.05, 3.63) is 51.5 Å². The van der Waals surface area contributed by atoms with Crippen molar-refractivity contribution in [2.24, 2.45) is 0 Å². The molecule has 34 heavy (non-hydrogen) atoms. The molecular formula is C23H23F3N4O4. The van der Waals surface area contributed by atoms with E-state index in [9.17, 15) is 33.0 Å². The lowest BCUT2D eigenvalue weighted by Crippen LogP contribution is -2.40. The Kier molecular flexibility index (Phi) is 5.19. The van der Waals surface area contributed by atoms with Crippen LogP contribution in [0.15, 0.2) is 34.8 Å². The Labute approximate surface area is 191 Å². The number of nitrogens with one attached hydrogen (secondary N) is 2. The van der Waals surface area contributed by atoms with E-state index in [2.05, 4.69) is 15.6 Å². The predicted molar refractivity (Wildman–Crippen MR) is 118 cm³/mol. The van der Waals surface area contributed by atoms with Crippen LogP contribution in [0.25, 0.3) is 11.0 Å². The number of amides is 1. The van der Waals surface area contributed by atoms with Gasteiger partial charge in [-0.3, -0.25) is 19.1 Å². The third-order valence-corrected chi connectivity index (χ3v) is 6.39. The first kappa shape index (κ1) is 22.5. The average Bonchev–Trinajstić information content (AvgIpc) is 3.55. The lowest BCUT2D eigenvalue weighted by atomic mass is 9.98. The van der Waals surface area contributed by atoms with E-state index < -0.39 is 53.6 Å². The molecule has 3 heterocycles. The maximum absolute atomic E-state index is 14.6. The zero-order valence-electron chi connectivity index (χ0n) is 18.1. The number of aliphatic hydroxyl groups is 1. The van der Waals surface area contributed by atoms with E-state index in [1.807, 2.05) is 0 Å². The van der Waals surface area contributed by atoms with E-state index in [1.54, 1.807) is 12.2 Å². The third kappa shape index (κ3) is 4.04. The Balaban J connectivity index is 1.63. The van der Waals surface area contributed by atoms with Crippen LogP contribution in [0.1, 0.15) is 35.2 Å². The standard InChI is InChI=1S/C23H23F3N4O4/c24-14-3-1-12(2-4-14)7-13-8-27-17-18-16(13)28-10-23(25,26)11-30(18)21(33)15(19(17)31)20(32)29-9-22(34)5-6-22/h1-3,8,14,28,31,34H,4-7,9-11H2,(H,29,32). The van der Waals surface area contributed by atoms with Crippen LogP contribution in [0.2, 0.25) is 0 Å². The monoisotopic (exact) mass is 476 g/mol. The van der Waals surface area contributed by atoms with Crippen LogP contribution in [0, 0.1) is 0 Å². The molecule has 8 nitrogen and oxygen atoms in total. The van der Waals surface area contributed by atoms with Gasteiger partial charge < -0.3 is 20.8 Å². The van der Waals surface area contributed by atoms with Crippen molar-refractivity contribution >= 4 is 22.6 Å². The molecule has 0 bridgehead atoms. The van der Waals surface area contributed by atoms with Gasteiger partial charge in [-0.25, -0.2) is 13.2 Å². The number of aromatic nitrogens is 2. The van der Waals surface area contributed by atoms with E-state index in [-0.39, 0.29) is 36.1 Å². The summed E-state index contributed by atoms with van der Waals surface area (Å²) in [6, 6.07) is 0. The summed E-state index contributed by atoms with van der Waals surface area (Å²) in [6.45, 7) is -1.90. The number of nitrogens with zero attached hydrogens (tertiary/aromatic N) is 2. The summed E-state index contributed by atoms with van der Waals surface area (Å²) in [4.78, 5) is 30.1. The summed E-state index contributed by atoms with van der Waals surface area (Å²) in [6.07, 6.45) is 6.46. The summed E-state index contributed by atoms with van der Waals surface area (Å²) < 4.78 is 43.4. The maximum atomic E-state index is 14.6. The fourth-order valence-electron chi connectivity index (χ4n) is 4.27. The first-order valence-electron chi connectivity index (χ1n) is 11.0. The van der Waals surface area contributed by atoms with Gasteiger partial charge in [-0.2, -0.15) is 0 Å². The fourth-order valence-corrected chi connectivity index (χ4v) is 4.27. The molecule has 1 fully saturated rings. The van der Waals surface area contributed by atoms with Gasteiger partial charge >= 0.3 is 0 Å². The number of hydrogen-bond acceptors (Lipinski definition) is 6. The van der Waals surface area contributed by atoms with Crippen LogP contribution in [0.4, 0.5) is 18.9 Å². The van der Waals surface area contributed by atoms with Gasteiger partial charge in [0.2, 0.25) is 0 Å². The molecule has 1 aliphatic heterocycles. The summed E-state index contributed by atoms with van der Waals surface area (Å²) in [5, 5.41) is 25.8. The van der Waals surface area contributed by atoms with Gasteiger partial charge in [-0.1, -0.05) is 18.2 Å². The number of pyridine rings is 2. The minimum atomic E-state index is -3.33. The number of rotatable bonds is 5. The lowest BCUT2D eigenvalue weighted by molar-refractivity contribution is -0.000936. The van der Waals surface area contributed by atoms with E-state index >= 15 is 0 Å². The Morgan fingerprint density at radius 2 is 2.12 bits per heavy atom. The van der Waals surface area contributed by atoms with E-state index in [0.29, 0.717) is 18.4 Å². The van der Waals surface area contributed by atoms with Crippen LogP contribution < -0.4 is 16.2 Å². The van der Waals surface area contributed by atoms with Crippen LogP contribution in [0.5, 0.6) is 5.75 Å². The van der Waals surface area contributed by atoms with Crippen molar-refractivity contribution in [3.8, 4) is 5.75 Å². The van der Waals surface area contributed by atoms with Gasteiger partial charge in [0, 0.05) is 31.1 Å². The van der Waals surface area contributed by atoms with Crippen molar-refractivity contribution in [2.45, 2.75) is 49.9 Å². The Morgan fingerprint density at radius 1 is 1.35 bits per heavy atom. The molecule has 0 radical (unpaired) electrons. The van der Waals surface area contributed by atoms with Crippen molar-refractivity contribution in [1.29, 1.82) is 0 Å². The normalized spacial score (nSPS) is 22.0. The maximum Gasteiger partial charge on any atom is 0.282 e. The number of halogens is 3. The average molecular weight is 476 g/mol. The van der Waals surface area contributed by atoms with Gasteiger partial charge in [-0.05, 0) is 18.4 Å². The minimum absolute atomic E-state index is 0.0293. The highest BCUT2D eigenvalue weighted by molar-refractivity contribution is 6.04. The molecule has 5 rings (SSSR count). The van der Waals surface area contributed by atoms with Crippen LogP contribution in [-0.2, 0) is 13.0 Å². The Bertz CT molecular complexity index is 1310. The smallest absolute Gasteiger partial charge is 0.282 e. The number of carbonyl (C=O) groups is 1. The van der Waals surface area contributed by atoms with Crippen LogP contribution in [0.3, 0.4) is 0 Å². The van der Waals surface area contributed by atoms with E-state index in [0.717, 1.165) is 10.1 Å². The number of allylic oxidation sites excluding steroid dienone is 4. The van der Waals surface area contributed by atoms with E-state index in [1.165, 1.54) is 12.3 Å². The highest BCUT2D eigenvalue weighted by Gasteiger charge is 2.41. The molecule has 11 heteroatoms. The highest BCUT2D eigenvalue weighted by Crippen LogP contribution is 2.37. The van der Waals surface area contributed by atoms with Gasteiger partial charge in [0.25, 0.3) is 17.4 Å². The molecule has 1 saturated carbocycles. The number of alkyl halides is 3. The summed E-state index contributed by atoms with van der Waals surface area (Å²) in [7, 11) is 0. The zero-order chi connectivity index (χ0) is 24.3. The largest absolute Gasteiger partial charge is 0.505 e. The quantitative estimate of drug-likeness (QED) is 0.526. The summed E-state index contributed by atoms with van der Waals surface area (Å²) in [5.74, 6) is -5.01. The molecule has 2 aromatic rings. The SMILES string of the molecule is O=C(NCC1(O)CC1)c1c(O)c2ncc(CC3=CCC(F)C=C3)c3c2n(c1=O)CC(F)(F)CN3. The number of aromatic hydroxyl groups is 1. The molecule has 3 aliphatic rings. The number of carbonyl (C=O) groups excluding carboxylic acids is 1. The van der Waals surface area contributed by atoms with Gasteiger partial charge in [0.15, 0.2) is 5.75 Å². The summed E-state index contributed by atoms with van der Waals surface area (Å²) >= 11 is 0. The highest BCUT2D eigenvalue weighted by atomic mass is 19.3. The zero-order valence-corrected chi connectivity index (χ0v) is 18.1. The molecule has 0 spiro atoms. The Morgan fingerprint density at radius 3 is 2.79 bits per heavy atom. The predicted octanol–water partition coefficient (Wildman–Crippen LogP) is 2.18. The first-order valence-corrected chi connectivity index (χ1v) is 11.0. The molecule has 0 saturated heterocycles. The fraction of sp³-hybridized carbons (Fsp3) is 0.435. The molecule has 2 aliphatic carbocycles. The minimum Gasteiger partial charge on any atom is -0.505 e. The molecule has 2 aromatic heterocycles. The second-order valence-electron chi connectivity index (χ2n) is 9.15. The van der Waals surface area contributed by atoms with Gasteiger partial charge in [-0.15, -0.1) is 0 Å². The molecule has 4 N–H and O–H groups in total.